The summed E-state index contributed by atoms with van der Waals surface area (Å²) in [5.74, 6) is 0.887. The molecule has 1 aliphatic rings. The molecule has 0 bridgehead atoms. The van der Waals surface area contributed by atoms with Crippen LogP contribution in [0.1, 0.15) is 50.2 Å². The molecule has 1 aromatic heterocycles. The smallest absolute Gasteiger partial charge is 0.233 e. The van der Waals surface area contributed by atoms with Crippen LogP contribution in [0.4, 0.5) is 5.69 Å². The van der Waals surface area contributed by atoms with Crippen LogP contribution in [0.2, 0.25) is 0 Å². The predicted molar refractivity (Wildman–Crippen MR) is 135 cm³/mol. The average Bonchev–Trinajstić information content (AvgIpc) is 3.32. The van der Waals surface area contributed by atoms with Gasteiger partial charge in [0.05, 0.1) is 5.75 Å². The lowest BCUT2D eigenvalue weighted by atomic mass is 10.0. The van der Waals surface area contributed by atoms with Crippen LogP contribution in [0.3, 0.4) is 0 Å². The monoisotopic (exact) mass is 463 g/mol. The van der Waals surface area contributed by atoms with E-state index in [1.54, 1.807) is 11.2 Å². The average molecular weight is 464 g/mol. The minimum Gasteiger partial charge on any atom is -0.372 e. The number of aromatic nitrogens is 3. The van der Waals surface area contributed by atoms with Gasteiger partial charge in [-0.2, -0.15) is 0 Å². The Kier molecular flexibility index (Phi) is 7.70. The molecule has 0 N–H and O–H groups in total. The number of hydrogen-bond acceptors (Lipinski definition) is 5. The van der Waals surface area contributed by atoms with E-state index in [2.05, 4.69) is 77.5 Å². The molecule has 0 spiro atoms. The fourth-order valence-electron chi connectivity index (χ4n) is 4.08. The molecule has 1 aliphatic heterocycles. The van der Waals surface area contributed by atoms with Crippen molar-refractivity contribution in [2.75, 3.05) is 30.8 Å². The van der Waals surface area contributed by atoms with E-state index in [0.29, 0.717) is 18.2 Å². The van der Waals surface area contributed by atoms with Crippen molar-refractivity contribution < 1.29 is 4.79 Å². The number of nitrogens with zero attached hydrogens (tertiary/aromatic N) is 5. The second-order valence-corrected chi connectivity index (χ2v) is 9.92. The number of hydrogen-bond donors (Lipinski definition) is 0. The maximum Gasteiger partial charge on any atom is 0.233 e. The van der Waals surface area contributed by atoms with Gasteiger partial charge in [-0.25, -0.2) is 0 Å². The van der Waals surface area contributed by atoms with Gasteiger partial charge < -0.3 is 9.80 Å². The van der Waals surface area contributed by atoms with Crippen molar-refractivity contribution in [2.45, 2.75) is 50.7 Å². The van der Waals surface area contributed by atoms with Gasteiger partial charge in [-0.3, -0.25) is 9.36 Å². The van der Waals surface area contributed by atoms with Gasteiger partial charge in [0.2, 0.25) is 5.91 Å². The highest BCUT2D eigenvalue weighted by atomic mass is 32.2. The first-order chi connectivity index (χ1) is 16.0. The van der Waals surface area contributed by atoms with Crippen molar-refractivity contribution in [3.8, 4) is 5.69 Å². The summed E-state index contributed by atoms with van der Waals surface area (Å²) >= 11 is 1.42. The maximum atomic E-state index is 12.8. The lowest BCUT2D eigenvalue weighted by Gasteiger charge is -2.29. The molecule has 2 heterocycles. The van der Waals surface area contributed by atoms with Crippen LogP contribution >= 0.6 is 11.8 Å². The minimum atomic E-state index is 0.0739. The molecule has 3 aromatic rings. The van der Waals surface area contributed by atoms with Crippen molar-refractivity contribution in [1.29, 1.82) is 0 Å². The van der Waals surface area contributed by atoms with Crippen LogP contribution in [-0.2, 0) is 11.3 Å². The van der Waals surface area contributed by atoms with Crippen LogP contribution in [0.5, 0.6) is 0 Å². The second kappa shape index (κ2) is 10.9. The number of benzene rings is 2. The molecule has 1 fully saturated rings. The van der Waals surface area contributed by atoms with E-state index < -0.39 is 0 Å². The lowest BCUT2D eigenvalue weighted by molar-refractivity contribution is -0.127. The Morgan fingerprint density at radius 1 is 1.00 bits per heavy atom. The number of thioether (sulfide) groups is 1. The molecule has 7 heteroatoms. The van der Waals surface area contributed by atoms with Gasteiger partial charge >= 0.3 is 0 Å². The molecule has 1 amide bonds. The normalized spacial score (nSPS) is 14.0. The summed E-state index contributed by atoms with van der Waals surface area (Å²) in [6.45, 7) is 7.24. The molecule has 0 saturated carbocycles. The van der Waals surface area contributed by atoms with Crippen LogP contribution in [-0.4, -0.2) is 51.5 Å². The summed E-state index contributed by atoms with van der Waals surface area (Å²) < 4.78 is 1.93. The number of anilines is 1. The van der Waals surface area contributed by atoms with Crippen molar-refractivity contribution >= 4 is 23.4 Å². The van der Waals surface area contributed by atoms with Crippen molar-refractivity contribution in [3.05, 3.63) is 66.0 Å². The molecule has 0 aliphatic carbocycles. The Hall–Kier alpha value is -2.80. The zero-order valence-electron chi connectivity index (χ0n) is 19.8. The molecule has 4 rings (SSSR count). The highest BCUT2D eigenvalue weighted by molar-refractivity contribution is 7.99. The van der Waals surface area contributed by atoms with Crippen LogP contribution in [0.25, 0.3) is 5.69 Å². The van der Waals surface area contributed by atoms with Gasteiger partial charge in [-0.05, 0) is 60.6 Å². The number of amides is 1. The first kappa shape index (κ1) is 23.4. The van der Waals surface area contributed by atoms with Crippen LogP contribution in [0, 0.1) is 0 Å². The fourth-order valence-corrected chi connectivity index (χ4v) is 4.95. The predicted octanol–water partition coefficient (Wildman–Crippen LogP) is 5.13. The van der Waals surface area contributed by atoms with Crippen molar-refractivity contribution in [1.82, 2.24) is 19.7 Å². The standard InChI is InChI=1S/C26H33N5OS/c1-20(2)22-9-13-24(14-10-22)31-19-27-28-26(31)33-18-25(32)29(3)17-21-7-11-23(12-8-21)30-15-5-4-6-16-30/h7-14,19-20H,4-6,15-18H2,1-3H3. The summed E-state index contributed by atoms with van der Waals surface area (Å²) in [7, 11) is 1.86. The largest absolute Gasteiger partial charge is 0.372 e. The SMILES string of the molecule is CC(C)c1ccc(-n2cnnc2SCC(=O)N(C)Cc2ccc(N3CCCCC3)cc2)cc1. The first-order valence-corrected chi connectivity index (χ1v) is 12.7. The number of carbonyl (C=O) groups excluding carboxylic acids is 1. The van der Waals surface area contributed by atoms with Crippen molar-refractivity contribution in [2.24, 2.45) is 0 Å². The Morgan fingerprint density at radius 3 is 2.33 bits per heavy atom. The molecule has 0 atom stereocenters. The van der Waals surface area contributed by atoms with Gasteiger partial charge in [-0.1, -0.05) is 49.9 Å². The summed E-state index contributed by atoms with van der Waals surface area (Å²) in [4.78, 5) is 17.0. The molecular weight excluding hydrogens is 430 g/mol. The zero-order chi connectivity index (χ0) is 23.2. The van der Waals surface area contributed by atoms with Gasteiger partial charge in [0, 0.05) is 38.1 Å². The van der Waals surface area contributed by atoms with Gasteiger partial charge in [0.25, 0.3) is 0 Å². The summed E-state index contributed by atoms with van der Waals surface area (Å²) in [6, 6.07) is 17.0. The third-order valence-corrected chi connectivity index (χ3v) is 7.11. The Morgan fingerprint density at radius 2 is 1.67 bits per heavy atom. The van der Waals surface area contributed by atoms with Crippen LogP contribution in [0.15, 0.2) is 60.0 Å². The quantitative estimate of drug-likeness (QED) is 0.434. The third-order valence-electron chi connectivity index (χ3n) is 6.18. The Balaban J connectivity index is 1.31. The highest BCUT2D eigenvalue weighted by Crippen LogP contribution is 2.23. The molecule has 2 aromatic carbocycles. The topological polar surface area (TPSA) is 54.3 Å². The molecular formula is C26H33N5OS. The summed E-state index contributed by atoms with van der Waals surface area (Å²) in [5.41, 5.74) is 4.72. The minimum absolute atomic E-state index is 0.0739. The molecule has 174 valence electrons. The van der Waals surface area contributed by atoms with E-state index in [-0.39, 0.29) is 5.91 Å². The molecule has 33 heavy (non-hydrogen) atoms. The van der Waals surface area contributed by atoms with Crippen molar-refractivity contribution in [3.63, 3.8) is 0 Å². The van der Waals surface area contributed by atoms with Gasteiger partial charge in [-0.15, -0.1) is 10.2 Å². The van der Waals surface area contributed by atoms with Crippen LogP contribution < -0.4 is 4.90 Å². The first-order valence-electron chi connectivity index (χ1n) is 11.7. The lowest BCUT2D eigenvalue weighted by Crippen LogP contribution is -2.29. The second-order valence-electron chi connectivity index (χ2n) is 8.98. The van der Waals surface area contributed by atoms with Gasteiger partial charge in [0.1, 0.15) is 6.33 Å². The zero-order valence-corrected chi connectivity index (χ0v) is 20.6. The van der Waals surface area contributed by atoms with E-state index in [0.717, 1.165) is 29.5 Å². The van der Waals surface area contributed by atoms with E-state index in [1.165, 1.54) is 42.3 Å². The fraction of sp³-hybridized carbons (Fsp3) is 0.423. The van der Waals surface area contributed by atoms with Gasteiger partial charge in [0.15, 0.2) is 5.16 Å². The third kappa shape index (κ3) is 5.96. The van der Waals surface area contributed by atoms with E-state index in [4.69, 9.17) is 0 Å². The van der Waals surface area contributed by atoms with E-state index in [9.17, 15) is 4.79 Å². The maximum absolute atomic E-state index is 12.8. The summed E-state index contributed by atoms with van der Waals surface area (Å²) in [6.07, 6.45) is 5.58. The molecule has 0 unspecified atom stereocenters. The van der Waals surface area contributed by atoms with E-state index >= 15 is 0 Å². The summed E-state index contributed by atoms with van der Waals surface area (Å²) in [5, 5.41) is 9.00. The molecule has 6 nitrogen and oxygen atoms in total. The Labute approximate surface area is 201 Å². The van der Waals surface area contributed by atoms with E-state index in [1.807, 2.05) is 11.6 Å². The number of piperidine rings is 1. The molecule has 0 radical (unpaired) electrons. The Bertz CT molecular complexity index is 1040. The molecule has 1 saturated heterocycles. The number of rotatable bonds is 8. The highest BCUT2D eigenvalue weighted by Gasteiger charge is 2.15. The number of carbonyl (C=O) groups is 1.